The quantitative estimate of drug-likeness (QED) is 0.852. The van der Waals surface area contributed by atoms with Gasteiger partial charge in [0.25, 0.3) is 0 Å². The summed E-state index contributed by atoms with van der Waals surface area (Å²) in [6.07, 6.45) is 5.72. The summed E-state index contributed by atoms with van der Waals surface area (Å²) in [5, 5.41) is 3.30. The van der Waals surface area contributed by atoms with Crippen molar-refractivity contribution in [2.75, 3.05) is 18.5 Å². The van der Waals surface area contributed by atoms with E-state index in [1.54, 1.807) is 12.3 Å². The first-order chi connectivity index (χ1) is 8.28. The van der Waals surface area contributed by atoms with E-state index in [1.807, 2.05) is 6.92 Å². The lowest BCUT2D eigenvalue weighted by Crippen LogP contribution is -2.13. The number of hydrogen-bond donors (Lipinski definition) is 1. The molecule has 0 radical (unpaired) electrons. The molecule has 94 valence electrons. The third-order valence-electron chi connectivity index (χ3n) is 3.27. The van der Waals surface area contributed by atoms with E-state index in [2.05, 4.69) is 22.2 Å². The molecule has 17 heavy (non-hydrogen) atoms. The van der Waals surface area contributed by atoms with Crippen LogP contribution in [0, 0.1) is 11.8 Å². The van der Waals surface area contributed by atoms with Crippen molar-refractivity contribution in [3.63, 3.8) is 0 Å². The van der Waals surface area contributed by atoms with Gasteiger partial charge in [-0.05, 0) is 31.6 Å². The van der Waals surface area contributed by atoms with Crippen molar-refractivity contribution in [2.24, 2.45) is 11.8 Å². The van der Waals surface area contributed by atoms with Gasteiger partial charge in [-0.1, -0.05) is 13.3 Å². The second-order valence-corrected chi connectivity index (χ2v) is 4.82. The fourth-order valence-electron chi connectivity index (χ4n) is 2.40. The minimum Gasteiger partial charge on any atom is -0.478 e. The Labute approximate surface area is 103 Å². The van der Waals surface area contributed by atoms with Gasteiger partial charge in [0.2, 0.25) is 11.8 Å². The summed E-state index contributed by atoms with van der Waals surface area (Å²) in [4.78, 5) is 8.50. The van der Waals surface area contributed by atoms with Crippen LogP contribution in [0.25, 0.3) is 0 Å². The van der Waals surface area contributed by atoms with Crippen LogP contribution in [0.3, 0.4) is 0 Å². The topological polar surface area (TPSA) is 47.0 Å². The van der Waals surface area contributed by atoms with Gasteiger partial charge in [-0.15, -0.1) is 0 Å². The predicted molar refractivity (Wildman–Crippen MR) is 68.2 cm³/mol. The summed E-state index contributed by atoms with van der Waals surface area (Å²) in [5.41, 5.74) is 0. The molecule has 1 aliphatic rings. The highest BCUT2D eigenvalue weighted by Crippen LogP contribution is 2.30. The first kappa shape index (κ1) is 12.1. The molecule has 4 nitrogen and oxygen atoms in total. The minimum absolute atomic E-state index is 0.636. The fraction of sp³-hybridized carbons (Fsp3) is 0.692. The molecule has 2 unspecified atom stereocenters. The van der Waals surface area contributed by atoms with Crippen LogP contribution in [0.5, 0.6) is 5.88 Å². The summed E-state index contributed by atoms with van der Waals surface area (Å²) >= 11 is 0. The van der Waals surface area contributed by atoms with Crippen LogP contribution in [-0.2, 0) is 0 Å². The highest BCUT2D eigenvalue weighted by Gasteiger charge is 2.21. The second kappa shape index (κ2) is 5.84. The molecule has 1 heterocycles. The van der Waals surface area contributed by atoms with E-state index in [9.17, 15) is 0 Å². The molecular weight excluding hydrogens is 214 g/mol. The van der Waals surface area contributed by atoms with E-state index in [0.29, 0.717) is 18.4 Å². The maximum atomic E-state index is 5.34. The lowest BCUT2D eigenvalue weighted by molar-refractivity contribution is 0.326. The number of rotatable bonds is 5. The van der Waals surface area contributed by atoms with Crippen LogP contribution >= 0.6 is 0 Å². The number of ether oxygens (including phenoxy) is 1. The standard InChI is InChI=1S/C13H21N3O/c1-3-17-12-6-7-14-13(16-12)15-9-11-5-4-10(2)8-11/h6-7,10-11H,3-5,8-9H2,1-2H3,(H,14,15,16). The molecule has 1 aromatic rings. The fourth-order valence-corrected chi connectivity index (χ4v) is 2.40. The molecule has 1 saturated carbocycles. The molecule has 0 spiro atoms. The van der Waals surface area contributed by atoms with Crippen LogP contribution in [0.2, 0.25) is 0 Å². The first-order valence-corrected chi connectivity index (χ1v) is 6.47. The zero-order valence-electron chi connectivity index (χ0n) is 10.6. The van der Waals surface area contributed by atoms with E-state index < -0.39 is 0 Å². The number of aromatic nitrogens is 2. The number of nitrogens with zero attached hydrogens (tertiary/aromatic N) is 2. The molecule has 1 aliphatic carbocycles. The van der Waals surface area contributed by atoms with Crippen LogP contribution in [0.1, 0.15) is 33.1 Å². The van der Waals surface area contributed by atoms with Gasteiger partial charge in [0.1, 0.15) is 0 Å². The predicted octanol–water partition coefficient (Wildman–Crippen LogP) is 2.72. The number of hydrogen-bond acceptors (Lipinski definition) is 4. The highest BCUT2D eigenvalue weighted by molar-refractivity contribution is 5.27. The molecule has 1 aromatic heterocycles. The summed E-state index contributed by atoms with van der Waals surface area (Å²) < 4.78 is 5.34. The van der Waals surface area contributed by atoms with Gasteiger partial charge in [0.15, 0.2) is 0 Å². The van der Waals surface area contributed by atoms with Gasteiger partial charge in [0, 0.05) is 18.8 Å². The van der Waals surface area contributed by atoms with Gasteiger partial charge < -0.3 is 10.1 Å². The molecular formula is C13H21N3O. The van der Waals surface area contributed by atoms with Crippen LogP contribution in [0.4, 0.5) is 5.95 Å². The van der Waals surface area contributed by atoms with Crippen molar-refractivity contribution in [3.8, 4) is 5.88 Å². The van der Waals surface area contributed by atoms with Gasteiger partial charge in [0.05, 0.1) is 6.61 Å². The highest BCUT2D eigenvalue weighted by atomic mass is 16.5. The Morgan fingerprint density at radius 2 is 2.35 bits per heavy atom. The molecule has 2 rings (SSSR count). The summed E-state index contributed by atoms with van der Waals surface area (Å²) in [6, 6.07) is 1.78. The van der Waals surface area contributed by atoms with E-state index in [4.69, 9.17) is 4.74 Å². The molecule has 0 bridgehead atoms. The van der Waals surface area contributed by atoms with Gasteiger partial charge in [-0.3, -0.25) is 0 Å². The Kier molecular flexibility index (Phi) is 4.18. The lowest BCUT2D eigenvalue weighted by atomic mass is 10.1. The Morgan fingerprint density at radius 3 is 3.06 bits per heavy atom. The Hall–Kier alpha value is -1.32. The van der Waals surface area contributed by atoms with Gasteiger partial charge in [-0.25, -0.2) is 4.98 Å². The van der Waals surface area contributed by atoms with Crippen molar-refractivity contribution in [2.45, 2.75) is 33.1 Å². The first-order valence-electron chi connectivity index (χ1n) is 6.47. The molecule has 0 saturated heterocycles. The van der Waals surface area contributed by atoms with E-state index in [0.717, 1.165) is 18.4 Å². The molecule has 0 aromatic carbocycles. The Bertz CT molecular complexity index is 356. The monoisotopic (exact) mass is 235 g/mol. The average Bonchev–Trinajstić information content (AvgIpc) is 2.74. The zero-order valence-corrected chi connectivity index (χ0v) is 10.6. The van der Waals surface area contributed by atoms with E-state index in [1.165, 1.54) is 19.3 Å². The maximum Gasteiger partial charge on any atom is 0.225 e. The number of nitrogens with one attached hydrogen (secondary N) is 1. The van der Waals surface area contributed by atoms with Gasteiger partial charge >= 0.3 is 0 Å². The SMILES string of the molecule is CCOc1ccnc(NCC2CCC(C)C2)n1. The average molecular weight is 235 g/mol. The molecule has 0 aliphatic heterocycles. The van der Waals surface area contributed by atoms with Crippen molar-refractivity contribution in [3.05, 3.63) is 12.3 Å². The molecule has 1 fully saturated rings. The van der Waals surface area contributed by atoms with E-state index in [-0.39, 0.29) is 0 Å². The zero-order chi connectivity index (χ0) is 12.1. The van der Waals surface area contributed by atoms with Crippen molar-refractivity contribution >= 4 is 5.95 Å². The molecule has 4 heteroatoms. The largest absolute Gasteiger partial charge is 0.478 e. The maximum absolute atomic E-state index is 5.34. The summed E-state index contributed by atoms with van der Waals surface area (Å²) in [7, 11) is 0. The smallest absolute Gasteiger partial charge is 0.225 e. The summed E-state index contributed by atoms with van der Waals surface area (Å²) in [5.74, 6) is 2.96. The van der Waals surface area contributed by atoms with Crippen LogP contribution < -0.4 is 10.1 Å². The lowest BCUT2D eigenvalue weighted by Gasteiger charge is -2.11. The van der Waals surface area contributed by atoms with Crippen LogP contribution in [0.15, 0.2) is 12.3 Å². The molecule has 1 N–H and O–H groups in total. The van der Waals surface area contributed by atoms with Crippen LogP contribution in [-0.4, -0.2) is 23.1 Å². The Morgan fingerprint density at radius 1 is 1.47 bits per heavy atom. The minimum atomic E-state index is 0.636. The third kappa shape index (κ3) is 3.58. The molecule has 0 amide bonds. The number of anilines is 1. The third-order valence-corrected chi connectivity index (χ3v) is 3.27. The van der Waals surface area contributed by atoms with Crippen molar-refractivity contribution < 1.29 is 4.74 Å². The Balaban J connectivity index is 1.83. The van der Waals surface area contributed by atoms with Gasteiger partial charge in [-0.2, -0.15) is 4.98 Å². The molecule has 2 atom stereocenters. The van der Waals surface area contributed by atoms with Crippen molar-refractivity contribution in [1.82, 2.24) is 9.97 Å². The summed E-state index contributed by atoms with van der Waals surface area (Å²) in [6.45, 7) is 5.89. The van der Waals surface area contributed by atoms with Crippen molar-refractivity contribution in [1.29, 1.82) is 0 Å². The second-order valence-electron chi connectivity index (χ2n) is 4.82. The normalized spacial score (nSPS) is 23.6. The van der Waals surface area contributed by atoms with E-state index >= 15 is 0 Å².